The van der Waals surface area contributed by atoms with E-state index in [1.165, 1.54) is 64.2 Å². The number of primary amides is 1. The first-order chi connectivity index (χ1) is 17.8. The molecule has 0 aromatic rings. The fourth-order valence-corrected chi connectivity index (χ4v) is 5.97. The Balaban J connectivity index is -0.00000114. The van der Waals surface area contributed by atoms with Crippen molar-refractivity contribution in [2.45, 2.75) is 128 Å². The number of rotatable bonds is 24. The number of carbonyl (C=O) groups is 4. The Kier molecular flexibility index (Phi) is 36.8. The Morgan fingerprint density at radius 3 is 1.24 bits per heavy atom. The SMILES string of the molecule is CCCCCCCCCCCCCCCCCCNC(=O)C(CC(N)=O)(C(C)(C(=O)O)C(=O)O)S(=O)(=O)O.[NaH].[NaH].[NaH].[NaH]. The van der Waals surface area contributed by atoms with E-state index in [1.54, 1.807) is 0 Å². The van der Waals surface area contributed by atoms with Crippen molar-refractivity contribution in [2.24, 2.45) is 11.1 Å². The van der Waals surface area contributed by atoms with Gasteiger partial charge in [0.1, 0.15) is 0 Å². The van der Waals surface area contributed by atoms with Gasteiger partial charge in [-0.25, -0.2) is 0 Å². The first kappa shape index (κ1) is 53.3. The van der Waals surface area contributed by atoms with Crippen LogP contribution in [0.5, 0.6) is 0 Å². The summed E-state index contributed by atoms with van der Waals surface area (Å²) in [6.45, 7) is 2.57. The van der Waals surface area contributed by atoms with Gasteiger partial charge in [0.2, 0.25) is 16.6 Å². The van der Waals surface area contributed by atoms with Crippen molar-refractivity contribution < 1.29 is 42.4 Å². The van der Waals surface area contributed by atoms with Crippen LogP contribution in [0.2, 0.25) is 0 Å². The number of nitrogens with two attached hydrogens (primary N) is 1. The topological polar surface area (TPSA) is 201 Å². The van der Waals surface area contributed by atoms with Crippen molar-refractivity contribution in [2.75, 3.05) is 6.54 Å². The maximum atomic E-state index is 12.9. The minimum absolute atomic E-state index is 0. The van der Waals surface area contributed by atoms with Gasteiger partial charge in [-0.15, -0.1) is 0 Å². The van der Waals surface area contributed by atoms with E-state index >= 15 is 0 Å². The van der Waals surface area contributed by atoms with E-state index in [0.29, 0.717) is 19.8 Å². The minimum atomic E-state index is -5.72. The van der Waals surface area contributed by atoms with Crippen LogP contribution in [0.15, 0.2) is 0 Å². The monoisotopic (exact) mass is 660 g/mol. The van der Waals surface area contributed by atoms with Crippen LogP contribution in [0.1, 0.15) is 123 Å². The number of carboxylic acids is 2. The molecule has 42 heavy (non-hydrogen) atoms. The zero-order chi connectivity index (χ0) is 29.2. The van der Waals surface area contributed by atoms with Crippen LogP contribution in [0.3, 0.4) is 0 Å². The molecule has 0 saturated heterocycles. The van der Waals surface area contributed by atoms with Gasteiger partial charge in [-0.1, -0.05) is 103 Å². The average Bonchev–Trinajstić information content (AvgIpc) is 2.82. The Morgan fingerprint density at radius 2 is 0.976 bits per heavy atom. The Labute approximate surface area is 340 Å². The fraction of sp³-hybridized carbons (Fsp3) is 0.846. The quantitative estimate of drug-likeness (QED) is 0.0440. The van der Waals surface area contributed by atoms with E-state index in [1.807, 2.05) is 0 Å². The van der Waals surface area contributed by atoms with Crippen molar-refractivity contribution >= 4 is 152 Å². The third kappa shape index (κ3) is 18.2. The van der Waals surface area contributed by atoms with Gasteiger partial charge in [-0.2, -0.15) is 8.42 Å². The zero-order valence-corrected chi connectivity index (χ0v) is 23.8. The predicted octanol–water partition coefficient (Wildman–Crippen LogP) is 1.45. The third-order valence-corrected chi connectivity index (χ3v) is 8.83. The molecule has 6 N–H and O–H groups in total. The molecule has 0 aliphatic heterocycles. The third-order valence-electron chi connectivity index (χ3n) is 7.21. The number of hydrogen-bond donors (Lipinski definition) is 5. The zero-order valence-electron chi connectivity index (χ0n) is 23.0. The molecule has 0 bridgehead atoms. The van der Waals surface area contributed by atoms with Crippen molar-refractivity contribution in [1.82, 2.24) is 5.32 Å². The molecule has 1 atom stereocenters. The van der Waals surface area contributed by atoms with Crippen LogP contribution in [0.4, 0.5) is 0 Å². The Morgan fingerprint density at radius 1 is 0.667 bits per heavy atom. The number of hydrogen-bond acceptors (Lipinski definition) is 6. The summed E-state index contributed by atoms with van der Waals surface area (Å²) >= 11 is 0. The average molecular weight is 661 g/mol. The van der Waals surface area contributed by atoms with Crippen molar-refractivity contribution in [3.05, 3.63) is 0 Å². The molecule has 1 unspecified atom stereocenters. The second kappa shape index (κ2) is 29.0. The molecular formula is C26H52N2Na4O9S. The predicted molar refractivity (Wildman–Crippen MR) is 173 cm³/mol. The molecule has 0 saturated carbocycles. The number of amides is 2. The molecule has 0 rings (SSSR count). The second-order valence-corrected chi connectivity index (χ2v) is 11.9. The van der Waals surface area contributed by atoms with Crippen LogP contribution < -0.4 is 11.1 Å². The second-order valence-electron chi connectivity index (χ2n) is 10.2. The molecule has 0 heterocycles. The van der Waals surface area contributed by atoms with Crippen LogP contribution in [-0.2, 0) is 29.3 Å². The summed E-state index contributed by atoms with van der Waals surface area (Å²) in [6, 6.07) is 0. The van der Waals surface area contributed by atoms with E-state index in [4.69, 9.17) is 5.73 Å². The van der Waals surface area contributed by atoms with Gasteiger partial charge in [0.25, 0.3) is 10.1 Å². The maximum absolute atomic E-state index is 12.9. The molecule has 11 nitrogen and oxygen atoms in total. The molecule has 0 aliphatic rings. The van der Waals surface area contributed by atoms with Crippen LogP contribution in [0.25, 0.3) is 0 Å². The van der Waals surface area contributed by atoms with Crippen molar-refractivity contribution in [3.8, 4) is 0 Å². The van der Waals surface area contributed by atoms with Gasteiger partial charge in [-0.3, -0.25) is 23.7 Å². The number of unbranched alkanes of at least 4 members (excludes halogenated alkanes) is 15. The van der Waals surface area contributed by atoms with Crippen LogP contribution >= 0.6 is 0 Å². The number of nitrogens with one attached hydrogen (secondary N) is 1. The molecule has 0 aliphatic carbocycles. The van der Waals surface area contributed by atoms with Crippen molar-refractivity contribution in [1.29, 1.82) is 0 Å². The first-order valence-corrected chi connectivity index (χ1v) is 15.2. The molecule has 0 aromatic carbocycles. The van der Waals surface area contributed by atoms with E-state index in [-0.39, 0.29) is 125 Å². The summed E-state index contributed by atoms with van der Waals surface area (Å²) < 4.78 is 30.7. The first-order valence-electron chi connectivity index (χ1n) is 13.8. The normalized spacial score (nSPS) is 12.3. The summed E-state index contributed by atoms with van der Waals surface area (Å²) in [4.78, 5) is 48.0. The number of carbonyl (C=O) groups excluding carboxylic acids is 2. The molecule has 0 fully saturated rings. The van der Waals surface area contributed by atoms with E-state index < -0.39 is 50.5 Å². The van der Waals surface area contributed by atoms with E-state index in [2.05, 4.69) is 12.2 Å². The summed E-state index contributed by atoms with van der Waals surface area (Å²) in [6.07, 6.45) is 16.7. The summed E-state index contributed by atoms with van der Waals surface area (Å²) in [5.41, 5.74) is 1.64. The number of carboxylic acid groups (broad SMARTS) is 2. The Bertz CT molecular complexity index is 866. The van der Waals surface area contributed by atoms with Gasteiger partial charge in [0, 0.05) is 6.54 Å². The summed E-state index contributed by atoms with van der Waals surface area (Å²) in [7, 11) is -5.72. The molecule has 0 radical (unpaired) electrons. The molecule has 0 aromatic heterocycles. The van der Waals surface area contributed by atoms with Crippen molar-refractivity contribution in [3.63, 3.8) is 0 Å². The van der Waals surface area contributed by atoms with Gasteiger partial charge in [0.05, 0.1) is 6.42 Å². The molecule has 230 valence electrons. The van der Waals surface area contributed by atoms with Crippen LogP contribution in [0, 0.1) is 5.41 Å². The van der Waals surface area contributed by atoms with Gasteiger partial charge in [0.15, 0.2) is 5.41 Å². The van der Waals surface area contributed by atoms with Gasteiger partial charge in [-0.05, 0) is 13.3 Å². The standard InChI is InChI=1S/C26H48N2O9S.4Na.4H/c1-3-4-5-6-7-8-9-10-11-12-13-14-15-16-17-18-19-28-22(30)26(20-21(27)29,38(35,36)37)25(2,23(31)32)24(33)34;;;;;;;;/h3-20H2,1-2H3,(H2,27,29)(H,28,30)(H,31,32)(H,33,34)(H,35,36,37);;;;;;;;. The van der Waals surface area contributed by atoms with Gasteiger partial charge >= 0.3 is 130 Å². The van der Waals surface area contributed by atoms with E-state index in [9.17, 15) is 42.4 Å². The molecule has 2 amide bonds. The fourth-order valence-electron chi connectivity index (χ4n) is 4.65. The van der Waals surface area contributed by atoms with E-state index in [0.717, 1.165) is 25.7 Å². The molecule has 16 heteroatoms. The Hall–Kier alpha value is 1.79. The number of aliphatic carboxylic acids is 2. The summed E-state index contributed by atoms with van der Waals surface area (Å²) in [5, 5.41) is 21.2. The van der Waals surface area contributed by atoms with Gasteiger partial charge < -0.3 is 21.3 Å². The van der Waals surface area contributed by atoms with Crippen LogP contribution in [-0.4, -0.2) is 176 Å². The molecular weight excluding hydrogens is 608 g/mol. The summed E-state index contributed by atoms with van der Waals surface area (Å²) in [5.74, 6) is -7.51. The molecule has 0 spiro atoms.